The van der Waals surface area contributed by atoms with Crippen LogP contribution in [-0.4, -0.2) is 51.0 Å². The zero-order valence-electron chi connectivity index (χ0n) is 18.5. The molecule has 1 fully saturated rings. The number of halogens is 2. The van der Waals surface area contributed by atoms with Crippen molar-refractivity contribution >= 4 is 40.5 Å². The summed E-state index contributed by atoms with van der Waals surface area (Å²) in [6, 6.07) is 3.11. The lowest BCUT2D eigenvalue weighted by Crippen LogP contribution is -2.48. The minimum absolute atomic E-state index is 0.0765. The van der Waals surface area contributed by atoms with E-state index in [4.69, 9.17) is 27.9 Å². The van der Waals surface area contributed by atoms with E-state index in [0.717, 1.165) is 5.56 Å². The summed E-state index contributed by atoms with van der Waals surface area (Å²) in [6.45, 7) is 12.2. The number of hydrogen-bond donors (Lipinski definition) is 2. The second kappa shape index (κ2) is 11.3. The summed E-state index contributed by atoms with van der Waals surface area (Å²) in [6.07, 6.45) is 1.98. The van der Waals surface area contributed by atoms with Gasteiger partial charge in [-0.05, 0) is 52.5 Å². The molecule has 1 heterocycles. The smallest absolute Gasteiger partial charge is 0.251 e. The van der Waals surface area contributed by atoms with Crippen LogP contribution in [0.4, 0.5) is 0 Å². The van der Waals surface area contributed by atoms with E-state index in [0.29, 0.717) is 48.3 Å². The summed E-state index contributed by atoms with van der Waals surface area (Å²) in [5.74, 6) is 0.360. The number of aliphatic hydroxyl groups excluding tert-OH is 1. The van der Waals surface area contributed by atoms with Crippen molar-refractivity contribution in [3.8, 4) is 5.75 Å². The predicted octanol–water partition coefficient (Wildman–Crippen LogP) is 4.27. The maximum Gasteiger partial charge on any atom is 0.251 e. The first-order chi connectivity index (χ1) is 14.5. The molecule has 1 aromatic carbocycles. The van der Waals surface area contributed by atoms with Crippen LogP contribution < -0.4 is 9.46 Å². The fourth-order valence-corrected chi connectivity index (χ4v) is 4.71. The van der Waals surface area contributed by atoms with E-state index < -0.39 is 22.2 Å². The molecule has 0 spiro atoms. The number of rotatable bonds is 8. The summed E-state index contributed by atoms with van der Waals surface area (Å²) in [4.78, 5) is 13.8. The van der Waals surface area contributed by atoms with E-state index in [1.165, 1.54) is 6.92 Å². The topological polar surface area (TPSA) is 84.9 Å². The average Bonchev–Trinajstić information content (AvgIpc) is 2.71. The summed E-state index contributed by atoms with van der Waals surface area (Å²) in [5.41, 5.74) is 0.772. The summed E-state index contributed by atoms with van der Waals surface area (Å²) >= 11 is 11.2. The van der Waals surface area contributed by atoms with Gasteiger partial charge in [-0.3, -0.25) is 4.79 Å². The van der Waals surface area contributed by atoms with Gasteiger partial charge in [0.1, 0.15) is 23.2 Å². The molecule has 0 saturated carbocycles. The molecule has 1 aliphatic rings. The van der Waals surface area contributed by atoms with Crippen LogP contribution >= 0.6 is 23.2 Å². The number of aliphatic hydroxyl groups is 1. The highest BCUT2D eigenvalue weighted by molar-refractivity contribution is 7.90. The third-order valence-electron chi connectivity index (χ3n) is 5.21. The Bertz CT molecular complexity index is 778. The molecule has 0 bridgehead atoms. The molecule has 0 radical (unpaired) electrons. The third-order valence-corrected chi connectivity index (χ3v) is 7.52. The van der Waals surface area contributed by atoms with Gasteiger partial charge in [-0.1, -0.05) is 35.9 Å². The number of benzene rings is 1. The second-order valence-electron chi connectivity index (χ2n) is 8.72. The van der Waals surface area contributed by atoms with Crippen molar-refractivity contribution in [2.24, 2.45) is 5.92 Å². The first kappa shape index (κ1) is 26.3. The summed E-state index contributed by atoms with van der Waals surface area (Å²) in [7, 11) is 0. The molecule has 2 rings (SSSR count). The van der Waals surface area contributed by atoms with Crippen LogP contribution in [0.3, 0.4) is 0 Å². The van der Waals surface area contributed by atoms with Gasteiger partial charge in [-0.25, -0.2) is 0 Å². The lowest BCUT2D eigenvalue weighted by Gasteiger charge is -2.38. The van der Waals surface area contributed by atoms with Crippen molar-refractivity contribution in [3.63, 3.8) is 0 Å². The van der Waals surface area contributed by atoms with Gasteiger partial charge in [0.25, 0.3) is 5.91 Å². The van der Waals surface area contributed by atoms with Crippen molar-refractivity contribution < 1.29 is 19.2 Å². The quantitative estimate of drug-likeness (QED) is 0.419. The zero-order valence-corrected chi connectivity index (χ0v) is 20.8. The van der Waals surface area contributed by atoms with Crippen molar-refractivity contribution in [2.75, 3.05) is 19.7 Å². The van der Waals surface area contributed by atoms with Gasteiger partial charge < -0.3 is 19.3 Å². The average molecular weight is 491 g/mol. The molecule has 1 saturated heterocycles. The summed E-state index contributed by atoms with van der Waals surface area (Å²) < 4.78 is 21.7. The predicted molar refractivity (Wildman–Crippen MR) is 127 cm³/mol. The fraction of sp³-hybridized carbons (Fsp3) is 0.591. The normalized spacial score (nSPS) is 18.4. The molecule has 0 aliphatic carbocycles. The molecule has 1 unspecified atom stereocenters. The van der Waals surface area contributed by atoms with Crippen LogP contribution in [0.5, 0.6) is 5.75 Å². The highest BCUT2D eigenvalue weighted by Crippen LogP contribution is 2.40. The van der Waals surface area contributed by atoms with Crippen LogP contribution in [0.1, 0.15) is 52.1 Å². The van der Waals surface area contributed by atoms with Gasteiger partial charge in [0.15, 0.2) is 0 Å². The Labute approximate surface area is 198 Å². The third kappa shape index (κ3) is 7.01. The standard InChI is InChI=1S/C22H32Cl2N2O4S/c1-6-11-30-19-13-18(24)17(23)12-16(19)20(25-31(29)22(3,4)5)15-7-9-26(10-8-15)21(28)14(2)27/h6,12-15,20,25,27H,1,7-11H2,2-5H3/t14?,20-,31+/m1/s1. The Morgan fingerprint density at radius 2 is 1.97 bits per heavy atom. The summed E-state index contributed by atoms with van der Waals surface area (Å²) in [5, 5.41) is 10.4. The molecule has 1 amide bonds. The second-order valence-corrected chi connectivity index (χ2v) is 11.5. The van der Waals surface area contributed by atoms with Crippen molar-refractivity contribution in [1.29, 1.82) is 0 Å². The number of carbonyl (C=O) groups is 1. The van der Waals surface area contributed by atoms with Crippen LogP contribution in [0.25, 0.3) is 0 Å². The lowest BCUT2D eigenvalue weighted by molar-refractivity contribution is -0.140. The maximum absolute atomic E-state index is 13.0. The number of ether oxygens (including phenoxy) is 1. The van der Waals surface area contributed by atoms with E-state index >= 15 is 0 Å². The van der Waals surface area contributed by atoms with Gasteiger partial charge in [0.05, 0.1) is 16.1 Å². The first-order valence-corrected chi connectivity index (χ1v) is 12.2. The van der Waals surface area contributed by atoms with Gasteiger partial charge >= 0.3 is 0 Å². The Morgan fingerprint density at radius 1 is 1.39 bits per heavy atom. The van der Waals surface area contributed by atoms with Gasteiger partial charge in [-0.2, -0.15) is 0 Å². The SMILES string of the molecule is C=CCOc1cc(Cl)c(Cl)cc1[C@H](N[S@@+]([O-])C(C)(C)C)C1CCN(C(=O)C(C)O)CC1. The molecule has 2 N–H and O–H groups in total. The van der Waals surface area contributed by atoms with Crippen LogP contribution in [0.15, 0.2) is 24.8 Å². The fourth-order valence-electron chi connectivity index (χ4n) is 3.48. The Morgan fingerprint density at radius 3 is 2.48 bits per heavy atom. The van der Waals surface area contributed by atoms with E-state index in [1.54, 1.807) is 23.1 Å². The largest absolute Gasteiger partial charge is 0.598 e. The van der Waals surface area contributed by atoms with Gasteiger partial charge in [0, 0.05) is 36.1 Å². The van der Waals surface area contributed by atoms with E-state index in [1.807, 2.05) is 20.8 Å². The van der Waals surface area contributed by atoms with Gasteiger partial charge in [0.2, 0.25) is 0 Å². The lowest BCUT2D eigenvalue weighted by atomic mass is 9.85. The number of nitrogens with zero attached hydrogens (tertiary/aromatic N) is 1. The highest BCUT2D eigenvalue weighted by Gasteiger charge is 2.37. The molecular formula is C22H32Cl2N2O4S. The van der Waals surface area contributed by atoms with Crippen LogP contribution in [-0.2, 0) is 16.2 Å². The Hall–Kier alpha value is -0.960. The molecule has 1 aromatic rings. The highest BCUT2D eigenvalue weighted by atomic mass is 35.5. The van der Waals surface area contributed by atoms with Crippen LogP contribution in [0, 0.1) is 5.92 Å². The van der Waals surface area contributed by atoms with Gasteiger partial charge in [-0.15, -0.1) is 4.72 Å². The van der Waals surface area contributed by atoms with Crippen LogP contribution in [0.2, 0.25) is 10.0 Å². The number of carbonyl (C=O) groups excluding carboxylic acids is 1. The molecule has 9 heteroatoms. The Kier molecular flexibility index (Phi) is 9.55. The molecule has 6 nitrogen and oxygen atoms in total. The molecule has 31 heavy (non-hydrogen) atoms. The number of piperidine rings is 1. The molecule has 174 valence electrons. The first-order valence-electron chi connectivity index (χ1n) is 10.3. The maximum atomic E-state index is 13.0. The van der Waals surface area contributed by atoms with Crippen molar-refractivity contribution in [3.05, 3.63) is 40.4 Å². The molecule has 3 atom stereocenters. The number of nitrogens with one attached hydrogen (secondary N) is 1. The van der Waals surface area contributed by atoms with Crippen molar-refractivity contribution in [1.82, 2.24) is 9.62 Å². The molecule has 0 aromatic heterocycles. The zero-order chi connectivity index (χ0) is 23.3. The Balaban J connectivity index is 2.37. The molecule has 1 aliphatic heterocycles. The monoisotopic (exact) mass is 490 g/mol. The minimum Gasteiger partial charge on any atom is -0.598 e. The minimum atomic E-state index is -1.34. The van der Waals surface area contributed by atoms with E-state index in [2.05, 4.69) is 11.3 Å². The number of amides is 1. The number of likely N-dealkylation sites (tertiary alicyclic amines) is 1. The molecular weight excluding hydrogens is 459 g/mol. The number of hydrogen-bond acceptors (Lipinski definition) is 5. The van der Waals surface area contributed by atoms with Crippen molar-refractivity contribution in [2.45, 2.75) is 57.4 Å². The van der Waals surface area contributed by atoms with E-state index in [9.17, 15) is 14.5 Å². The van der Waals surface area contributed by atoms with E-state index in [-0.39, 0.29) is 17.9 Å².